The van der Waals surface area contributed by atoms with Crippen LogP contribution in [0.4, 0.5) is 5.69 Å². The highest BCUT2D eigenvalue weighted by Crippen LogP contribution is 2.30. The van der Waals surface area contributed by atoms with Gasteiger partial charge in [-0.2, -0.15) is 0 Å². The topological polar surface area (TPSA) is 93.2 Å². The molecular weight excluding hydrogens is 413 g/mol. The molecule has 3 rings (SSSR count). The first-order valence-electron chi connectivity index (χ1n) is 7.93. The van der Waals surface area contributed by atoms with Crippen molar-refractivity contribution in [1.82, 2.24) is 9.78 Å². The zero-order chi connectivity index (χ0) is 19.8. The number of hydrogen-bond donors (Lipinski definition) is 2. The van der Waals surface area contributed by atoms with E-state index in [1.54, 1.807) is 26.2 Å². The highest BCUT2D eigenvalue weighted by Gasteiger charge is 2.22. The summed E-state index contributed by atoms with van der Waals surface area (Å²) in [6.07, 6.45) is 0. The fraction of sp³-hybridized carbons (Fsp3) is 0.235. The van der Waals surface area contributed by atoms with E-state index in [1.807, 2.05) is 0 Å². The summed E-state index contributed by atoms with van der Waals surface area (Å²) in [6.45, 7) is 2.35. The predicted octanol–water partition coefficient (Wildman–Crippen LogP) is 3.39. The summed E-state index contributed by atoms with van der Waals surface area (Å²) in [5.41, 5.74) is 1.01. The van der Waals surface area contributed by atoms with Gasteiger partial charge in [0.2, 0.25) is 0 Å². The fourth-order valence-corrected chi connectivity index (χ4v) is 5.04. The molecule has 0 saturated carbocycles. The maximum Gasteiger partial charge on any atom is 0.274 e. The Morgan fingerprint density at radius 2 is 1.96 bits per heavy atom. The highest BCUT2D eigenvalue weighted by molar-refractivity contribution is 7.92. The Hall–Kier alpha value is -2.00. The molecule has 0 aliphatic carbocycles. The monoisotopic (exact) mass is 429 g/mol. The molecule has 0 spiro atoms. The number of halogens is 2. The predicted molar refractivity (Wildman–Crippen MR) is 106 cm³/mol. The molecule has 10 heteroatoms. The molecule has 0 aliphatic heterocycles. The van der Waals surface area contributed by atoms with Crippen LogP contribution in [0.5, 0.6) is 0 Å². The number of aryl methyl sites for hydroxylation is 1. The molecule has 0 aliphatic rings. The Balaban J connectivity index is 1.99. The van der Waals surface area contributed by atoms with Gasteiger partial charge in [-0.1, -0.05) is 23.2 Å². The number of ether oxygens (including phenoxy) is 1. The minimum atomic E-state index is -3.96. The van der Waals surface area contributed by atoms with Crippen molar-refractivity contribution < 1.29 is 13.2 Å². The Labute approximate surface area is 165 Å². The summed E-state index contributed by atoms with van der Waals surface area (Å²) >= 11 is 12.0. The summed E-state index contributed by atoms with van der Waals surface area (Å²) in [4.78, 5) is 12.4. The van der Waals surface area contributed by atoms with E-state index in [1.165, 1.54) is 22.9 Å². The lowest BCUT2D eigenvalue weighted by atomic mass is 10.2. The summed E-state index contributed by atoms with van der Waals surface area (Å²) < 4.78 is 34.4. The largest absolute Gasteiger partial charge is 0.383 e. The van der Waals surface area contributed by atoms with E-state index >= 15 is 0 Å². The summed E-state index contributed by atoms with van der Waals surface area (Å²) in [7, 11) is -2.41. The number of aromatic amines is 1. The van der Waals surface area contributed by atoms with Gasteiger partial charge in [0.15, 0.2) is 0 Å². The Morgan fingerprint density at radius 1 is 1.22 bits per heavy atom. The molecule has 0 radical (unpaired) electrons. The second kappa shape index (κ2) is 7.55. The lowest BCUT2D eigenvalue weighted by Gasteiger charge is -2.12. The lowest BCUT2D eigenvalue weighted by molar-refractivity contribution is 0.183. The molecule has 2 aromatic carbocycles. The van der Waals surface area contributed by atoms with Gasteiger partial charge in [-0.3, -0.25) is 14.6 Å². The van der Waals surface area contributed by atoms with E-state index in [0.29, 0.717) is 34.6 Å². The van der Waals surface area contributed by atoms with Crippen LogP contribution in [0.2, 0.25) is 10.0 Å². The van der Waals surface area contributed by atoms with E-state index < -0.39 is 10.0 Å². The van der Waals surface area contributed by atoms with Crippen molar-refractivity contribution in [2.75, 3.05) is 18.4 Å². The van der Waals surface area contributed by atoms with Crippen molar-refractivity contribution >= 4 is 49.8 Å². The maximum atomic E-state index is 12.8. The van der Waals surface area contributed by atoms with Gasteiger partial charge in [0.1, 0.15) is 4.90 Å². The van der Waals surface area contributed by atoms with Crippen molar-refractivity contribution in [1.29, 1.82) is 0 Å². The first-order chi connectivity index (χ1) is 12.7. The second-order valence-corrected chi connectivity index (χ2v) is 8.42. The van der Waals surface area contributed by atoms with E-state index in [9.17, 15) is 13.2 Å². The number of aromatic nitrogens is 2. The van der Waals surface area contributed by atoms with E-state index in [2.05, 4.69) is 9.82 Å². The molecule has 1 aromatic heterocycles. The lowest BCUT2D eigenvalue weighted by Crippen LogP contribution is -2.19. The quantitative estimate of drug-likeness (QED) is 0.627. The van der Waals surface area contributed by atoms with Gasteiger partial charge in [-0.15, -0.1) is 0 Å². The summed E-state index contributed by atoms with van der Waals surface area (Å²) in [6, 6.07) is 7.57. The molecule has 144 valence electrons. The van der Waals surface area contributed by atoms with Crippen LogP contribution >= 0.6 is 23.2 Å². The normalized spacial score (nSPS) is 11.9. The van der Waals surface area contributed by atoms with Gasteiger partial charge in [0.25, 0.3) is 15.6 Å². The van der Waals surface area contributed by atoms with Crippen LogP contribution in [0.3, 0.4) is 0 Å². The number of hydrogen-bond acceptors (Lipinski definition) is 4. The molecule has 0 amide bonds. The zero-order valence-electron chi connectivity index (χ0n) is 14.5. The Morgan fingerprint density at radius 3 is 2.63 bits per heavy atom. The van der Waals surface area contributed by atoms with Crippen LogP contribution in [0.1, 0.15) is 5.56 Å². The number of benzene rings is 2. The molecular formula is C17H17Cl2N3O4S. The third kappa shape index (κ3) is 3.98. The van der Waals surface area contributed by atoms with Crippen LogP contribution in [0, 0.1) is 6.92 Å². The van der Waals surface area contributed by atoms with Crippen LogP contribution in [0.15, 0.2) is 40.0 Å². The van der Waals surface area contributed by atoms with Crippen molar-refractivity contribution in [3.05, 3.63) is 56.3 Å². The van der Waals surface area contributed by atoms with Crippen LogP contribution < -0.4 is 10.3 Å². The van der Waals surface area contributed by atoms with Gasteiger partial charge < -0.3 is 4.74 Å². The number of nitrogens with zero attached hydrogens (tertiary/aromatic N) is 1. The van der Waals surface area contributed by atoms with Crippen LogP contribution in [0.25, 0.3) is 10.9 Å². The molecule has 0 fully saturated rings. The number of H-pyrrole nitrogens is 1. The van der Waals surface area contributed by atoms with Gasteiger partial charge in [0, 0.05) is 17.8 Å². The molecule has 7 nitrogen and oxygen atoms in total. The molecule has 0 bridgehead atoms. The molecule has 0 atom stereocenters. The van der Waals surface area contributed by atoms with Crippen molar-refractivity contribution in [3.8, 4) is 0 Å². The Kier molecular flexibility index (Phi) is 5.53. The number of anilines is 1. The maximum absolute atomic E-state index is 12.8. The van der Waals surface area contributed by atoms with Gasteiger partial charge in [0.05, 0.1) is 29.1 Å². The number of fused-ring (bicyclic) bond motifs is 1. The average molecular weight is 430 g/mol. The van der Waals surface area contributed by atoms with Crippen molar-refractivity contribution in [2.45, 2.75) is 18.4 Å². The smallest absolute Gasteiger partial charge is 0.274 e. The number of nitrogens with one attached hydrogen (secondary N) is 2. The van der Waals surface area contributed by atoms with Gasteiger partial charge in [-0.05, 0) is 42.8 Å². The first kappa shape index (κ1) is 19.8. The van der Waals surface area contributed by atoms with E-state index in [-0.39, 0.29) is 21.2 Å². The minimum Gasteiger partial charge on any atom is -0.383 e. The molecule has 2 N–H and O–H groups in total. The SMILES string of the molecule is COCCn1[nH]c2ccc(NS(=O)(=O)c3c(C)cc(Cl)cc3Cl)cc2c1=O. The molecule has 27 heavy (non-hydrogen) atoms. The second-order valence-electron chi connectivity index (χ2n) is 5.96. The summed E-state index contributed by atoms with van der Waals surface area (Å²) in [5, 5.41) is 3.70. The molecule has 0 saturated heterocycles. The van der Waals surface area contributed by atoms with Crippen molar-refractivity contribution in [3.63, 3.8) is 0 Å². The van der Waals surface area contributed by atoms with Crippen LogP contribution in [-0.4, -0.2) is 31.9 Å². The van der Waals surface area contributed by atoms with E-state index in [4.69, 9.17) is 27.9 Å². The minimum absolute atomic E-state index is 0.0251. The fourth-order valence-electron chi connectivity index (χ4n) is 2.80. The summed E-state index contributed by atoms with van der Waals surface area (Å²) in [5.74, 6) is 0. The molecule has 1 heterocycles. The van der Waals surface area contributed by atoms with Crippen molar-refractivity contribution in [2.24, 2.45) is 0 Å². The zero-order valence-corrected chi connectivity index (χ0v) is 16.9. The number of sulfonamides is 1. The third-order valence-corrected chi connectivity index (χ3v) is 6.20. The number of methoxy groups -OCH3 is 1. The van der Waals surface area contributed by atoms with Gasteiger partial charge in [-0.25, -0.2) is 13.1 Å². The number of rotatable bonds is 6. The average Bonchev–Trinajstić information content (AvgIpc) is 2.87. The van der Waals surface area contributed by atoms with Gasteiger partial charge >= 0.3 is 0 Å². The van der Waals surface area contributed by atoms with Crippen LogP contribution in [-0.2, 0) is 21.3 Å². The Bertz CT molecular complexity index is 1150. The molecule has 0 unspecified atom stereocenters. The standard InChI is InChI=1S/C17H17Cl2N3O4S/c1-10-7-11(18)8-14(19)16(10)27(24,25)21-12-3-4-15-13(9-12)17(23)22(20-15)5-6-26-2/h3-4,7-9,20-21H,5-6H2,1-2H3. The van der Waals surface area contributed by atoms with E-state index in [0.717, 1.165) is 0 Å². The third-order valence-electron chi connectivity index (χ3n) is 3.98. The first-order valence-corrected chi connectivity index (χ1v) is 10.2. The highest BCUT2D eigenvalue weighted by atomic mass is 35.5. The molecule has 3 aromatic rings.